The molecule has 1 N–H and O–H groups in total. The summed E-state index contributed by atoms with van der Waals surface area (Å²) in [4.78, 5) is 24.0. The Kier molecular flexibility index (Phi) is 5.09. The molecule has 148 valence electrons. The number of benzene rings is 3. The van der Waals surface area contributed by atoms with Crippen LogP contribution in [0.25, 0.3) is 16.9 Å². The van der Waals surface area contributed by atoms with E-state index in [1.807, 2.05) is 60.7 Å². The van der Waals surface area contributed by atoms with Crippen molar-refractivity contribution in [3.8, 4) is 16.9 Å². The second-order valence-electron chi connectivity index (χ2n) is 6.77. The van der Waals surface area contributed by atoms with Crippen LogP contribution in [-0.4, -0.2) is 20.6 Å². The van der Waals surface area contributed by atoms with Gasteiger partial charge in [0.2, 0.25) is 0 Å². The van der Waals surface area contributed by atoms with E-state index in [1.54, 1.807) is 23.9 Å². The number of nitro groups is 1. The maximum absolute atomic E-state index is 13.1. The summed E-state index contributed by atoms with van der Waals surface area (Å²) in [6.07, 6.45) is 1.63. The first-order valence-corrected chi connectivity index (χ1v) is 9.30. The maximum Gasteiger partial charge on any atom is 0.293 e. The van der Waals surface area contributed by atoms with Gasteiger partial charge in [0.05, 0.1) is 16.2 Å². The highest BCUT2D eigenvalue weighted by atomic mass is 16.6. The fourth-order valence-electron chi connectivity index (χ4n) is 3.15. The molecule has 0 fully saturated rings. The predicted molar refractivity (Wildman–Crippen MR) is 115 cm³/mol. The maximum atomic E-state index is 13.1. The third-order valence-electron chi connectivity index (χ3n) is 4.62. The SMILES string of the molecule is Cc1ccc(NC(=O)c2cn(-c3ccccc3)nc2-c2ccccc2)c([N+](=O)[O-])c1. The zero-order chi connectivity index (χ0) is 21.1. The molecule has 3 aromatic carbocycles. The second-order valence-corrected chi connectivity index (χ2v) is 6.77. The molecule has 0 unspecified atom stereocenters. The van der Waals surface area contributed by atoms with E-state index >= 15 is 0 Å². The third-order valence-corrected chi connectivity index (χ3v) is 4.62. The molecule has 0 aliphatic carbocycles. The number of hydrogen-bond donors (Lipinski definition) is 1. The normalized spacial score (nSPS) is 10.6. The fraction of sp³-hybridized carbons (Fsp3) is 0.0435. The number of nitrogens with one attached hydrogen (secondary N) is 1. The fourth-order valence-corrected chi connectivity index (χ4v) is 3.15. The van der Waals surface area contributed by atoms with Crippen LogP contribution in [0.2, 0.25) is 0 Å². The Morgan fingerprint density at radius 3 is 2.33 bits per heavy atom. The van der Waals surface area contributed by atoms with Crippen molar-refractivity contribution in [3.05, 3.63) is 106 Å². The van der Waals surface area contributed by atoms with E-state index in [-0.39, 0.29) is 11.4 Å². The first-order chi connectivity index (χ1) is 14.5. The molecule has 0 aliphatic rings. The highest BCUT2D eigenvalue weighted by molar-refractivity contribution is 6.09. The average Bonchev–Trinajstić information content (AvgIpc) is 3.22. The summed E-state index contributed by atoms with van der Waals surface area (Å²) in [5, 5.41) is 18.7. The molecule has 0 spiro atoms. The monoisotopic (exact) mass is 398 g/mol. The van der Waals surface area contributed by atoms with Crippen LogP contribution >= 0.6 is 0 Å². The van der Waals surface area contributed by atoms with Gasteiger partial charge in [-0.3, -0.25) is 14.9 Å². The van der Waals surface area contributed by atoms with Gasteiger partial charge in [0.15, 0.2) is 0 Å². The summed E-state index contributed by atoms with van der Waals surface area (Å²) in [7, 11) is 0. The average molecular weight is 398 g/mol. The molecule has 7 heteroatoms. The van der Waals surface area contributed by atoms with Crippen molar-refractivity contribution in [2.24, 2.45) is 0 Å². The number of carbonyl (C=O) groups is 1. The minimum atomic E-state index is -0.506. The van der Waals surface area contributed by atoms with Crippen LogP contribution in [0.3, 0.4) is 0 Å². The summed E-state index contributed by atoms with van der Waals surface area (Å²) < 4.78 is 1.63. The summed E-state index contributed by atoms with van der Waals surface area (Å²) >= 11 is 0. The lowest BCUT2D eigenvalue weighted by Gasteiger charge is -2.07. The number of nitrogens with zero attached hydrogens (tertiary/aromatic N) is 3. The number of rotatable bonds is 5. The van der Waals surface area contributed by atoms with Crippen LogP contribution < -0.4 is 5.32 Å². The van der Waals surface area contributed by atoms with Gasteiger partial charge >= 0.3 is 0 Å². The molecule has 0 aliphatic heterocycles. The molecule has 0 radical (unpaired) electrons. The Morgan fingerprint density at radius 2 is 1.67 bits per heavy atom. The topological polar surface area (TPSA) is 90.1 Å². The molecular formula is C23H18N4O3. The van der Waals surface area contributed by atoms with Crippen LogP contribution in [0.5, 0.6) is 0 Å². The van der Waals surface area contributed by atoms with Gasteiger partial charge in [-0.2, -0.15) is 5.10 Å². The molecule has 4 rings (SSSR count). The van der Waals surface area contributed by atoms with Crippen LogP contribution in [0.15, 0.2) is 85.1 Å². The first-order valence-electron chi connectivity index (χ1n) is 9.30. The van der Waals surface area contributed by atoms with Gasteiger partial charge in [0.25, 0.3) is 11.6 Å². The number of carbonyl (C=O) groups excluding carboxylic acids is 1. The Morgan fingerprint density at radius 1 is 1.00 bits per heavy atom. The Hall–Kier alpha value is -4.26. The van der Waals surface area contributed by atoms with Crippen LogP contribution in [0.4, 0.5) is 11.4 Å². The van der Waals surface area contributed by atoms with Crippen molar-refractivity contribution in [2.75, 3.05) is 5.32 Å². The van der Waals surface area contributed by atoms with Gasteiger partial charge in [-0.05, 0) is 30.7 Å². The molecule has 7 nitrogen and oxygen atoms in total. The zero-order valence-corrected chi connectivity index (χ0v) is 16.1. The third kappa shape index (κ3) is 3.81. The molecule has 30 heavy (non-hydrogen) atoms. The standard InChI is InChI=1S/C23H18N4O3/c1-16-12-13-20(21(14-16)27(29)30)24-23(28)19-15-26(18-10-6-3-7-11-18)25-22(19)17-8-4-2-5-9-17/h2-15H,1H3,(H,24,28). The van der Waals surface area contributed by atoms with Crippen molar-refractivity contribution < 1.29 is 9.72 Å². The molecule has 4 aromatic rings. The van der Waals surface area contributed by atoms with E-state index in [4.69, 9.17) is 0 Å². The minimum absolute atomic E-state index is 0.141. The quantitative estimate of drug-likeness (QED) is 0.378. The molecule has 0 atom stereocenters. The van der Waals surface area contributed by atoms with Crippen molar-refractivity contribution in [1.82, 2.24) is 9.78 Å². The van der Waals surface area contributed by atoms with E-state index in [9.17, 15) is 14.9 Å². The number of nitro benzene ring substituents is 1. The number of para-hydroxylation sites is 1. The molecular weight excluding hydrogens is 380 g/mol. The molecule has 0 saturated heterocycles. The Balaban J connectivity index is 1.77. The number of anilines is 1. The van der Waals surface area contributed by atoms with Crippen LogP contribution in [0, 0.1) is 17.0 Å². The van der Waals surface area contributed by atoms with E-state index in [0.29, 0.717) is 11.3 Å². The number of aromatic nitrogens is 2. The molecule has 1 amide bonds. The summed E-state index contributed by atoms with van der Waals surface area (Å²) in [6, 6.07) is 23.5. The Bertz CT molecular complexity index is 1220. The largest absolute Gasteiger partial charge is 0.316 e. The highest BCUT2D eigenvalue weighted by Crippen LogP contribution is 2.28. The first kappa shape index (κ1) is 19.1. The van der Waals surface area contributed by atoms with Crippen LogP contribution in [-0.2, 0) is 0 Å². The van der Waals surface area contributed by atoms with E-state index < -0.39 is 10.8 Å². The zero-order valence-electron chi connectivity index (χ0n) is 16.1. The van der Waals surface area contributed by atoms with Crippen molar-refractivity contribution in [1.29, 1.82) is 0 Å². The highest BCUT2D eigenvalue weighted by Gasteiger charge is 2.22. The molecule has 0 saturated carbocycles. The number of amides is 1. The predicted octanol–water partition coefficient (Wildman–Crippen LogP) is 5.01. The van der Waals surface area contributed by atoms with Gasteiger partial charge in [0.1, 0.15) is 11.4 Å². The van der Waals surface area contributed by atoms with Gasteiger partial charge < -0.3 is 5.32 Å². The van der Waals surface area contributed by atoms with E-state index in [0.717, 1.165) is 16.8 Å². The minimum Gasteiger partial charge on any atom is -0.316 e. The van der Waals surface area contributed by atoms with Gasteiger partial charge in [-0.1, -0.05) is 54.6 Å². The summed E-state index contributed by atoms with van der Waals surface area (Å²) in [6.45, 7) is 1.76. The van der Waals surface area contributed by atoms with Crippen molar-refractivity contribution in [3.63, 3.8) is 0 Å². The molecule has 0 bridgehead atoms. The van der Waals surface area contributed by atoms with Crippen LogP contribution in [0.1, 0.15) is 15.9 Å². The number of aryl methyl sites for hydroxylation is 1. The van der Waals surface area contributed by atoms with Gasteiger partial charge in [-0.15, -0.1) is 0 Å². The lowest BCUT2D eigenvalue weighted by Crippen LogP contribution is -2.13. The van der Waals surface area contributed by atoms with Gasteiger partial charge in [-0.25, -0.2) is 4.68 Å². The van der Waals surface area contributed by atoms with Crippen molar-refractivity contribution >= 4 is 17.3 Å². The molecule has 1 aromatic heterocycles. The van der Waals surface area contributed by atoms with Crippen molar-refractivity contribution in [2.45, 2.75) is 6.92 Å². The summed E-state index contributed by atoms with van der Waals surface area (Å²) in [5.41, 5.74) is 3.11. The molecule has 1 heterocycles. The lowest BCUT2D eigenvalue weighted by atomic mass is 10.1. The number of hydrogen-bond acceptors (Lipinski definition) is 4. The second kappa shape index (κ2) is 8.00. The van der Waals surface area contributed by atoms with E-state index in [1.165, 1.54) is 12.1 Å². The smallest absolute Gasteiger partial charge is 0.293 e. The van der Waals surface area contributed by atoms with E-state index in [2.05, 4.69) is 10.4 Å². The summed E-state index contributed by atoms with van der Waals surface area (Å²) in [5.74, 6) is -0.469. The van der Waals surface area contributed by atoms with Gasteiger partial charge in [0, 0.05) is 17.8 Å². The Labute approximate surface area is 172 Å². The lowest BCUT2D eigenvalue weighted by molar-refractivity contribution is -0.384.